The summed E-state index contributed by atoms with van der Waals surface area (Å²) < 4.78 is 0. The molecule has 4 amide bonds. The average Bonchev–Trinajstić information content (AvgIpc) is 2.92. The Morgan fingerprint density at radius 1 is 1.03 bits per heavy atom. The number of amides is 4. The third-order valence-corrected chi connectivity index (χ3v) is 5.43. The monoisotopic (exact) mass is 407 g/mol. The molecule has 0 spiro atoms. The second kappa shape index (κ2) is 8.69. The molecule has 2 aromatic carbocycles. The van der Waals surface area contributed by atoms with E-state index in [1.807, 2.05) is 37.3 Å². The van der Waals surface area contributed by atoms with Gasteiger partial charge in [0.1, 0.15) is 12.1 Å². The predicted molar refractivity (Wildman–Crippen MR) is 116 cm³/mol. The fourth-order valence-electron chi connectivity index (χ4n) is 3.74. The van der Waals surface area contributed by atoms with Gasteiger partial charge in [0.15, 0.2) is 0 Å². The lowest BCUT2D eigenvalue weighted by Crippen LogP contribution is -2.43. The van der Waals surface area contributed by atoms with E-state index in [1.165, 1.54) is 5.56 Å². The molecule has 30 heavy (non-hydrogen) atoms. The summed E-state index contributed by atoms with van der Waals surface area (Å²) in [6, 6.07) is 16.4. The van der Waals surface area contributed by atoms with Crippen molar-refractivity contribution in [1.29, 1.82) is 0 Å². The zero-order chi connectivity index (χ0) is 21.9. The third kappa shape index (κ3) is 4.53. The summed E-state index contributed by atoms with van der Waals surface area (Å²) in [5, 5.41) is 5.59. The number of nitrogens with one attached hydrogen (secondary N) is 2. The van der Waals surface area contributed by atoms with Crippen molar-refractivity contribution in [3.8, 4) is 0 Å². The smallest absolute Gasteiger partial charge is 0.325 e. The first-order valence-electron chi connectivity index (χ1n) is 10.3. The van der Waals surface area contributed by atoms with Crippen LogP contribution in [0, 0.1) is 5.92 Å². The molecule has 1 aliphatic rings. The molecule has 0 radical (unpaired) electrons. The van der Waals surface area contributed by atoms with Gasteiger partial charge in [-0.25, -0.2) is 4.79 Å². The molecule has 158 valence electrons. The fourth-order valence-corrected chi connectivity index (χ4v) is 3.74. The maximum absolute atomic E-state index is 12.9. The van der Waals surface area contributed by atoms with E-state index in [2.05, 4.69) is 36.6 Å². The standard InChI is InChI=1S/C24H29N3O3/c1-16(2)14-18-10-12-19(13-11-18)17(3)25-21(28)15-27-22(29)24(4,26-23(27)30)20-8-6-5-7-9-20/h5-13,16-17H,14-15H2,1-4H3,(H,25,28)(H,26,30)/t17-,24+/m0/s1. The number of hydrogen-bond donors (Lipinski definition) is 2. The van der Waals surface area contributed by atoms with Crippen LogP contribution in [0.2, 0.25) is 0 Å². The van der Waals surface area contributed by atoms with Crippen molar-refractivity contribution in [3.63, 3.8) is 0 Å². The summed E-state index contributed by atoms with van der Waals surface area (Å²) >= 11 is 0. The summed E-state index contributed by atoms with van der Waals surface area (Å²) in [5.41, 5.74) is 1.74. The molecule has 3 rings (SSSR count). The van der Waals surface area contributed by atoms with E-state index in [1.54, 1.807) is 19.1 Å². The SMILES string of the molecule is CC(C)Cc1ccc([C@H](C)NC(=O)CN2C(=O)N[C@](C)(c3ccccc3)C2=O)cc1. The van der Waals surface area contributed by atoms with Crippen molar-refractivity contribution < 1.29 is 14.4 Å². The van der Waals surface area contributed by atoms with E-state index < -0.39 is 17.5 Å². The quantitative estimate of drug-likeness (QED) is 0.689. The van der Waals surface area contributed by atoms with Crippen LogP contribution in [0.25, 0.3) is 0 Å². The normalized spacial score (nSPS) is 19.7. The summed E-state index contributed by atoms with van der Waals surface area (Å²) in [5.74, 6) is -0.229. The lowest BCUT2D eigenvalue weighted by atomic mass is 9.92. The van der Waals surface area contributed by atoms with Gasteiger partial charge in [-0.3, -0.25) is 14.5 Å². The summed E-state index contributed by atoms with van der Waals surface area (Å²) in [4.78, 5) is 38.8. The van der Waals surface area contributed by atoms with Crippen LogP contribution in [0.15, 0.2) is 54.6 Å². The molecule has 1 heterocycles. The van der Waals surface area contributed by atoms with Gasteiger partial charge in [-0.15, -0.1) is 0 Å². The van der Waals surface area contributed by atoms with Crippen molar-refractivity contribution in [2.45, 2.75) is 45.7 Å². The highest BCUT2D eigenvalue weighted by Gasteiger charge is 2.49. The minimum Gasteiger partial charge on any atom is -0.348 e. The Kier molecular flexibility index (Phi) is 6.25. The number of imide groups is 1. The zero-order valence-corrected chi connectivity index (χ0v) is 17.9. The van der Waals surface area contributed by atoms with Gasteiger partial charge in [-0.1, -0.05) is 68.4 Å². The van der Waals surface area contributed by atoms with Gasteiger partial charge < -0.3 is 10.6 Å². The molecule has 1 saturated heterocycles. The van der Waals surface area contributed by atoms with Crippen LogP contribution in [0.5, 0.6) is 0 Å². The van der Waals surface area contributed by atoms with Crippen LogP contribution in [-0.2, 0) is 21.5 Å². The number of carbonyl (C=O) groups is 3. The number of urea groups is 1. The first-order valence-corrected chi connectivity index (χ1v) is 10.3. The Morgan fingerprint density at radius 3 is 2.27 bits per heavy atom. The molecule has 1 aliphatic heterocycles. The minimum atomic E-state index is -1.17. The van der Waals surface area contributed by atoms with Crippen LogP contribution >= 0.6 is 0 Å². The third-order valence-electron chi connectivity index (χ3n) is 5.43. The number of benzene rings is 2. The van der Waals surface area contributed by atoms with E-state index in [9.17, 15) is 14.4 Å². The molecule has 0 bridgehead atoms. The van der Waals surface area contributed by atoms with E-state index >= 15 is 0 Å². The maximum atomic E-state index is 12.9. The molecule has 6 nitrogen and oxygen atoms in total. The zero-order valence-electron chi connectivity index (χ0n) is 17.9. The van der Waals surface area contributed by atoms with E-state index in [4.69, 9.17) is 0 Å². The van der Waals surface area contributed by atoms with Crippen molar-refractivity contribution >= 4 is 17.8 Å². The van der Waals surface area contributed by atoms with Gasteiger partial charge in [0, 0.05) is 0 Å². The van der Waals surface area contributed by atoms with Crippen molar-refractivity contribution in [2.75, 3.05) is 6.54 Å². The predicted octanol–water partition coefficient (Wildman–Crippen LogP) is 3.53. The summed E-state index contributed by atoms with van der Waals surface area (Å²) in [7, 11) is 0. The number of nitrogens with zero attached hydrogens (tertiary/aromatic N) is 1. The second-order valence-electron chi connectivity index (χ2n) is 8.44. The van der Waals surface area contributed by atoms with Crippen LogP contribution in [0.4, 0.5) is 4.79 Å². The van der Waals surface area contributed by atoms with Gasteiger partial charge in [0.25, 0.3) is 5.91 Å². The fraction of sp³-hybridized carbons (Fsp3) is 0.375. The van der Waals surface area contributed by atoms with Gasteiger partial charge in [0.05, 0.1) is 6.04 Å². The molecule has 6 heteroatoms. The van der Waals surface area contributed by atoms with Crippen molar-refractivity contribution in [1.82, 2.24) is 15.5 Å². The van der Waals surface area contributed by atoms with Crippen molar-refractivity contribution in [2.24, 2.45) is 5.92 Å². The molecule has 1 fully saturated rings. The number of carbonyl (C=O) groups excluding carboxylic acids is 3. The molecule has 2 N–H and O–H groups in total. The molecular weight excluding hydrogens is 378 g/mol. The summed E-state index contributed by atoms with van der Waals surface area (Å²) in [6.07, 6.45) is 1.01. The van der Waals surface area contributed by atoms with Crippen molar-refractivity contribution in [3.05, 3.63) is 71.3 Å². The average molecular weight is 408 g/mol. The molecule has 2 aromatic rings. The number of rotatable bonds is 7. The highest BCUT2D eigenvalue weighted by molar-refractivity contribution is 6.09. The van der Waals surface area contributed by atoms with Crippen LogP contribution in [-0.4, -0.2) is 29.3 Å². The Bertz CT molecular complexity index is 924. The van der Waals surface area contributed by atoms with Crippen LogP contribution in [0.3, 0.4) is 0 Å². The highest BCUT2D eigenvalue weighted by atomic mass is 16.2. The van der Waals surface area contributed by atoms with Gasteiger partial charge in [-0.05, 0) is 42.9 Å². The maximum Gasteiger partial charge on any atom is 0.325 e. The first-order chi connectivity index (χ1) is 14.2. The van der Waals surface area contributed by atoms with Gasteiger partial charge in [-0.2, -0.15) is 0 Å². The van der Waals surface area contributed by atoms with Gasteiger partial charge >= 0.3 is 6.03 Å². The van der Waals surface area contributed by atoms with E-state index in [0.717, 1.165) is 16.9 Å². The molecular formula is C24H29N3O3. The van der Waals surface area contributed by atoms with Gasteiger partial charge in [0.2, 0.25) is 5.91 Å². The van der Waals surface area contributed by atoms with E-state index in [0.29, 0.717) is 11.5 Å². The highest BCUT2D eigenvalue weighted by Crippen LogP contribution is 2.28. The van der Waals surface area contributed by atoms with Crippen LogP contribution < -0.4 is 10.6 Å². The molecule has 0 aromatic heterocycles. The summed E-state index contributed by atoms with van der Waals surface area (Å²) in [6.45, 7) is 7.57. The first kappa shape index (κ1) is 21.6. The Hall–Kier alpha value is -3.15. The Balaban J connectivity index is 1.63. The minimum absolute atomic E-state index is 0.230. The lowest BCUT2D eigenvalue weighted by Gasteiger charge is -2.22. The molecule has 2 atom stereocenters. The van der Waals surface area contributed by atoms with Crippen LogP contribution in [0.1, 0.15) is 50.4 Å². The van der Waals surface area contributed by atoms with E-state index in [-0.39, 0.29) is 18.5 Å². The second-order valence-corrected chi connectivity index (χ2v) is 8.44. The number of hydrogen-bond acceptors (Lipinski definition) is 3. The molecule has 0 saturated carbocycles. The lowest BCUT2D eigenvalue weighted by molar-refractivity contribution is -0.135. The molecule has 0 aliphatic carbocycles. The Labute approximate surface area is 177 Å². The Morgan fingerprint density at radius 2 is 1.67 bits per heavy atom. The topological polar surface area (TPSA) is 78.5 Å². The largest absolute Gasteiger partial charge is 0.348 e. The molecule has 0 unspecified atom stereocenters.